The number of aromatic hydroxyl groups is 1. The number of benzene rings is 2. The molecular formula is C17H13N3O2S2. The highest BCUT2D eigenvalue weighted by atomic mass is 32.2. The van der Waals surface area contributed by atoms with Crippen LogP contribution in [-0.2, 0) is 4.79 Å². The van der Waals surface area contributed by atoms with Crippen molar-refractivity contribution in [1.29, 1.82) is 0 Å². The van der Waals surface area contributed by atoms with Gasteiger partial charge in [0.1, 0.15) is 10.1 Å². The Morgan fingerprint density at radius 3 is 2.46 bits per heavy atom. The third kappa shape index (κ3) is 3.52. The normalized spacial score (nSPS) is 16.5. The summed E-state index contributed by atoms with van der Waals surface area (Å²) < 4.78 is 0.499. The number of phenolic OH excluding ortho intramolecular Hbond substituents is 1. The van der Waals surface area contributed by atoms with Crippen LogP contribution in [0.4, 0.5) is 11.4 Å². The number of hydrogen-bond donors (Lipinski definition) is 1. The van der Waals surface area contributed by atoms with Crippen molar-refractivity contribution >= 4 is 51.7 Å². The third-order valence-corrected chi connectivity index (χ3v) is 4.81. The van der Waals surface area contributed by atoms with Crippen molar-refractivity contribution in [2.24, 2.45) is 10.2 Å². The van der Waals surface area contributed by atoms with E-state index >= 15 is 0 Å². The van der Waals surface area contributed by atoms with Gasteiger partial charge in [0.15, 0.2) is 0 Å². The first-order valence-corrected chi connectivity index (χ1v) is 8.28. The van der Waals surface area contributed by atoms with Crippen LogP contribution in [0.5, 0.6) is 5.75 Å². The van der Waals surface area contributed by atoms with Crippen LogP contribution in [-0.4, -0.2) is 27.3 Å². The molecule has 3 rings (SSSR count). The second-order valence-corrected chi connectivity index (χ2v) is 6.70. The van der Waals surface area contributed by atoms with Crippen molar-refractivity contribution in [3.05, 3.63) is 59.0 Å². The molecule has 0 aromatic heterocycles. The SMILES string of the molecule is CN1C(=O)/C(=C\c2ccc(N=Nc3ccccc3)cc2O)SC1=S. The summed E-state index contributed by atoms with van der Waals surface area (Å²) in [6, 6.07) is 14.2. The first kappa shape index (κ1) is 16.4. The van der Waals surface area contributed by atoms with E-state index in [1.165, 1.54) is 22.7 Å². The molecule has 0 unspecified atom stereocenters. The van der Waals surface area contributed by atoms with Gasteiger partial charge < -0.3 is 5.11 Å². The van der Waals surface area contributed by atoms with Crippen molar-refractivity contribution in [3.8, 4) is 5.75 Å². The van der Waals surface area contributed by atoms with E-state index in [-0.39, 0.29) is 11.7 Å². The lowest BCUT2D eigenvalue weighted by Gasteiger charge is -2.04. The second kappa shape index (κ2) is 6.94. The van der Waals surface area contributed by atoms with Crippen molar-refractivity contribution < 1.29 is 9.90 Å². The summed E-state index contributed by atoms with van der Waals surface area (Å²) in [4.78, 5) is 13.9. The van der Waals surface area contributed by atoms with Gasteiger partial charge in [-0.05, 0) is 30.3 Å². The maximum atomic E-state index is 12.0. The molecule has 0 atom stereocenters. The molecule has 24 heavy (non-hydrogen) atoms. The molecule has 1 aliphatic heterocycles. The summed E-state index contributed by atoms with van der Waals surface area (Å²) in [6.07, 6.45) is 1.62. The van der Waals surface area contributed by atoms with Gasteiger partial charge in [-0.2, -0.15) is 10.2 Å². The van der Waals surface area contributed by atoms with Gasteiger partial charge in [0.2, 0.25) is 0 Å². The molecule has 1 fully saturated rings. The van der Waals surface area contributed by atoms with Gasteiger partial charge in [0.05, 0.1) is 16.3 Å². The predicted octanol–water partition coefficient (Wildman–Crippen LogP) is 4.64. The van der Waals surface area contributed by atoms with Crippen LogP contribution in [0, 0.1) is 0 Å². The standard InChI is InChI=1S/C17H13N3O2S2/c1-20-16(22)15(24-17(20)23)9-11-7-8-13(10-14(11)21)19-18-12-5-3-2-4-6-12/h2-10,21H,1H3/b15-9+,19-18?. The van der Waals surface area contributed by atoms with Crippen LogP contribution in [0.2, 0.25) is 0 Å². The Kier molecular flexibility index (Phi) is 4.73. The highest BCUT2D eigenvalue weighted by molar-refractivity contribution is 8.26. The zero-order valence-electron chi connectivity index (χ0n) is 12.7. The highest BCUT2D eigenvalue weighted by Gasteiger charge is 2.28. The molecule has 1 aliphatic rings. The minimum Gasteiger partial charge on any atom is -0.507 e. The van der Waals surface area contributed by atoms with Crippen LogP contribution in [0.3, 0.4) is 0 Å². The first-order chi connectivity index (χ1) is 11.5. The lowest BCUT2D eigenvalue weighted by atomic mass is 10.1. The summed E-state index contributed by atoms with van der Waals surface area (Å²) in [7, 11) is 1.63. The van der Waals surface area contributed by atoms with E-state index in [0.29, 0.717) is 20.5 Å². The Morgan fingerprint density at radius 1 is 1.12 bits per heavy atom. The van der Waals surface area contributed by atoms with Gasteiger partial charge in [-0.25, -0.2) is 0 Å². The average molecular weight is 355 g/mol. The number of thiocarbonyl (C=S) groups is 1. The molecule has 1 heterocycles. The number of thioether (sulfide) groups is 1. The predicted molar refractivity (Wildman–Crippen MR) is 99.7 cm³/mol. The Morgan fingerprint density at radius 2 is 1.83 bits per heavy atom. The van der Waals surface area contributed by atoms with Gasteiger partial charge >= 0.3 is 0 Å². The molecule has 0 saturated carbocycles. The van der Waals surface area contributed by atoms with E-state index in [4.69, 9.17) is 12.2 Å². The van der Waals surface area contributed by atoms with E-state index in [1.807, 2.05) is 30.3 Å². The summed E-state index contributed by atoms with van der Waals surface area (Å²) in [6.45, 7) is 0. The summed E-state index contributed by atoms with van der Waals surface area (Å²) >= 11 is 6.30. The molecule has 1 N–H and O–H groups in total. The van der Waals surface area contributed by atoms with E-state index in [0.717, 1.165) is 5.69 Å². The topological polar surface area (TPSA) is 65.3 Å². The maximum Gasteiger partial charge on any atom is 0.265 e. The van der Waals surface area contributed by atoms with Crippen molar-refractivity contribution in [2.45, 2.75) is 0 Å². The molecule has 5 nitrogen and oxygen atoms in total. The van der Waals surface area contributed by atoms with E-state index in [2.05, 4.69) is 10.2 Å². The first-order valence-electron chi connectivity index (χ1n) is 7.06. The minimum atomic E-state index is -0.169. The molecule has 0 bridgehead atoms. The van der Waals surface area contributed by atoms with E-state index < -0.39 is 0 Å². The highest BCUT2D eigenvalue weighted by Crippen LogP contribution is 2.34. The smallest absolute Gasteiger partial charge is 0.265 e. The molecule has 1 saturated heterocycles. The number of azo groups is 1. The molecule has 120 valence electrons. The van der Waals surface area contributed by atoms with Gasteiger partial charge in [-0.3, -0.25) is 9.69 Å². The fourth-order valence-electron chi connectivity index (χ4n) is 2.01. The van der Waals surface area contributed by atoms with Crippen LogP contribution in [0.15, 0.2) is 63.7 Å². The number of hydrogen-bond acceptors (Lipinski definition) is 6. The van der Waals surface area contributed by atoms with Crippen LogP contribution in [0.1, 0.15) is 5.56 Å². The molecule has 0 aliphatic carbocycles. The maximum absolute atomic E-state index is 12.0. The van der Waals surface area contributed by atoms with Crippen molar-refractivity contribution in [3.63, 3.8) is 0 Å². The van der Waals surface area contributed by atoms with Gasteiger partial charge in [-0.15, -0.1) is 0 Å². The average Bonchev–Trinajstić information content (AvgIpc) is 2.83. The van der Waals surface area contributed by atoms with Crippen molar-refractivity contribution in [2.75, 3.05) is 7.05 Å². The summed E-state index contributed by atoms with van der Waals surface area (Å²) in [5, 5.41) is 18.3. The zero-order chi connectivity index (χ0) is 17.1. The second-order valence-electron chi connectivity index (χ2n) is 5.02. The third-order valence-electron chi connectivity index (χ3n) is 3.32. The summed E-state index contributed by atoms with van der Waals surface area (Å²) in [5.74, 6) is -0.141. The quantitative estimate of drug-likeness (QED) is 0.495. The molecule has 0 spiro atoms. The molecule has 2 aromatic carbocycles. The van der Waals surface area contributed by atoms with E-state index in [9.17, 15) is 9.90 Å². The lowest BCUT2D eigenvalue weighted by Crippen LogP contribution is -2.22. The van der Waals surface area contributed by atoms with Crippen LogP contribution >= 0.6 is 24.0 Å². The van der Waals surface area contributed by atoms with Crippen molar-refractivity contribution in [1.82, 2.24) is 4.90 Å². The molecule has 1 amide bonds. The van der Waals surface area contributed by atoms with Crippen LogP contribution in [0.25, 0.3) is 6.08 Å². The Bertz CT molecular complexity index is 863. The number of rotatable bonds is 3. The number of phenols is 1. The molecule has 7 heteroatoms. The number of nitrogens with zero attached hydrogens (tertiary/aromatic N) is 3. The van der Waals surface area contributed by atoms with E-state index in [1.54, 1.807) is 25.3 Å². The van der Waals surface area contributed by atoms with Gasteiger partial charge in [0.25, 0.3) is 5.91 Å². The fraction of sp³-hybridized carbons (Fsp3) is 0.0588. The van der Waals surface area contributed by atoms with Crippen LogP contribution < -0.4 is 0 Å². The molecule has 0 radical (unpaired) electrons. The minimum absolute atomic E-state index is 0.0286. The molecular weight excluding hydrogens is 342 g/mol. The number of carbonyl (C=O) groups is 1. The summed E-state index contributed by atoms with van der Waals surface area (Å²) in [5.41, 5.74) is 1.78. The van der Waals surface area contributed by atoms with Gasteiger partial charge in [0, 0.05) is 18.7 Å². The Hall–Kier alpha value is -2.51. The van der Waals surface area contributed by atoms with Gasteiger partial charge in [-0.1, -0.05) is 42.2 Å². The number of likely N-dealkylation sites (N-methyl/N-ethyl adjacent to an activating group) is 1. The number of carbonyl (C=O) groups excluding carboxylic acids is 1. The zero-order valence-corrected chi connectivity index (χ0v) is 14.3. The number of amides is 1. The fourth-order valence-corrected chi connectivity index (χ4v) is 3.18. The molecule has 2 aromatic rings. The Balaban J connectivity index is 1.82. The lowest BCUT2D eigenvalue weighted by molar-refractivity contribution is -0.121. The monoisotopic (exact) mass is 355 g/mol. The largest absolute Gasteiger partial charge is 0.507 e. The Labute approximate surface area is 148 Å².